The number of carbonyl (C=O) groups excluding carboxylic acids is 2. The predicted molar refractivity (Wildman–Crippen MR) is 224 cm³/mol. The maximum Gasteiger partial charge on any atom is 0.472 e. The molecule has 0 amide bonds. The lowest BCUT2D eigenvalue weighted by Gasteiger charge is -2.24. The molecule has 0 fully saturated rings. The molecular weight excluding hydrogens is 701 g/mol. The summed E-state index contributed by atoms with van der Waals surface area (Å²) in [5.41, 5.74) is 0. The highest BCUT2D eigenvalue weighted by Crippen LogP contribution is 2.43. The molecule has 0 rings (SSSR count). The van der Waals surface area contributed by atoms with E-state index in [4.69, 9.17) is 18.5 Å². The zero-order valence-corrected chi connectivity index (χ0v) is 36.9. The SMILES string of the molecule is CCCCCC/C=C/CCCCCCCC(=O)O[C@H](COC(=O)CCCCCCCCCCCCCCCCCCC)COP(=O)(O)OCC[N+](C)(C)C. The molecule has 10 heteroatoms. The topological polar surface area (TPSA) is 108 Å². The lowest BCUT2D eigenvalue weighted by atomic mass is 10.0. The third-order valence-electron chi connectivity index (χ3n) is 9.80. The van der Waals surface area contributed by atoms with E-state index in [0.717, 1.165) is 51.4 Å². The summed E-state index contributed by atoms with van der Waals surface area (Å²) >= 11 is 0. The number of phosphoric acid groups is 1. The van der Waals surface area contributed by atoms with E-state index in [1.54, 1.807) is 0 Å². The molecule has 0 spiro atoms. The van der Waals surface area contributed by atoms with Gasteiger partial charge in [-0.25, -0.2) is 4.57 Å². The van der Waals surface area contributed by atoms with Gasteiger partial charge in [0.15, 0.2) is 6.10 Å². The molecule has 0 bridgehead atoms. The monoisotopic (exact) mass is 789 g/mol. The number of quaternary nitrogens is 1. The first-order valence-corrected chi connectivity index (χ1v) is 23.9. The van der Waals surface area contributed by atoms with Gasteiger partial charge in [-0.3, -0.25) is 18.6 Å². The maximum atomic E-state index is 12.7. The van der Waals surface area contributed by atoms with Gasteiger partial charge in [-0.15, -0.1) is 0 Å². The van der Waals surface area contributed by atoms with Gasteiger partial charge in [-0.1, -0.05) is 167 Å². The van der Waals surface area contributed by atoms with Crippen LogP contribution in [-0.2, 0) is 32.7 Å². The molecule has 0 aromatic heterocycles. The number of nitrogens with zero attached hydrogens (tertiary/aromatic N) is 1. The maximum absolute atomic E-state index is 12.7. The van der Waals surface area contributed by atoms with E-state index in [0.29, 0.717) is 23.9 Å². The average molecular weight is 789 g/mol. The van der Waals surface area contributed by atoms with Crippen LogP contribution >= 0.6 is 7.82 Å². The molecule has 0 aliphatic rings. The summed E-state index contributed by atoms with van der Waals surface area (Å²) < 4.78 is 34.3. The summed E-state index contributed by atoms with van der Waals surface area (Å²) in [6.07, 6.45) is 38.2. The summed E-state index contributed by atoms with van der Waals surface area (Å²) in [4.78, 5) is 35.3. The van der Waals surface area contributed by atoms with Gasteiger partial charge < -0.3 is 18.9 Å². The van der Waals surface area contributed by atoms with E-state index >= 15 is 0 Å². The highest BCUT2D eigenvalue weighted by molar-refractivity contribution is 7.47. The number of allylic oxidation sites excluding steroid dienone is 2. The molecule has 0 aliphatic heterocycles. The summed E-state index contributed by atoms with van der Waals surface area (Å²) in [6, 6.07) is 0. The molecular formula is C44H87NO8P+. The summed E-state index contributed by atoms with van der Waals surface area (Å²) in [5, 5.41) is 0. The molecule has 0 heterocycles. The van der Waals surface area contributed by atoms with Crippen molar-refractivity contribution in [2.24, 2.45) is 0 Å². The van der Waals surface area contributed by atoms with Crippen LogP contribution < -0.4 is 0 Å². The molecule has 9 nitrogen and oxygen atoms in total. The Morgan fingerprint density at radius 3 is 1.39 bits per heavy atom. The third kappa shape index (κ3) is 40.4. The first kappa shape index (κ1) is 52.8. The molecule has 0 saturated carbocycles. The minimum absolute atomic E-state index is 0.0331. The Morgan fingerprint density at radius 1 is 0.556 bits per heavy atom. The van der Waals surface area contributed by atoms with E-state index < -0.39 is 26.5 Å². The lowest BCUT2D eigenvalue weighted by Crippen LogP contribution is -2.37. The Balaban J connectivity index is 4.31. The van der Waals surface area contributed by atoms with Gasteiger partial charge in [-0.05, 0) is 38.5 Å². The van der Waals surface area contributed by atoms with Gasteiger partial charge in [-0.2, -0.15) is 0 Å². The van der Waals surface area contributed by atoms with Gasteiger partial charge in [0.1, 0.15) is 19.8 Å². The Hall–Kier alpha value is -1.25. The fourth-order valence-corrected chi connectivity index (χ4v) is 6.99. The van der Waals surface area contributed by atoms with Crippen LogP contribution in [0.1, 0.15) is 206 Å². The first-order valence-electron chi connectivity index (χ1n) is 22.4. The molecule has 0 saturated heterocycles. The number of likely N-dealkylation sites (N-methyl/N-ethyl adjacent to an activating group) is 1. The number of hydrogen-bond donors (Lipinski definition) is 1. The Bertz CT molecular complexity index is 938. The molecule has 320 valence electrons. The van der Waals surface area contributed by atoms with Crippen molar-refractivity contribution in [3.63, 3.8) is 0 Å². The second kappa shape index (κ2) is 37.3. The Labute approximate surface area is 333 Å². The van der Waals surface area contributed by atoms with Crippen molar-refractivity contribution in [2.45, 2.75) is 213 Å². The number of phosphoric ester groups is 1. The van der Waals surface area contributed by atoms with Crippen LogP contribution in [0.4, 0.5) is 0 Å². The van der Waals surface area contributed by atoms with E-state index in [1.807, 2.05) is 21.1 Å². The first-order chi connectivity index (χ1) is 26.0. The van der Waals surface area contributed by atoms with E-state index in [2.05, 4.69) is 26.0 Å². The van der Waals surface area contributed by atoms with Gasteiger partial charge in [0.2, 0.25) is 0 Å². The quantitative estimate of drug-likeness (QED) is 0.0214. The van der Waals surface area contributed by atoms with Crippen LogP contribution in [0.3, 0.4) is 0 Å². The van der Waals surface area contributed by atoms with Crippen LogP contribution in [0.2, 0.25) is 0 Å². The minimum atomic E-state index is -4.37. The van der Waals surface area contributed by atoms with Crippen molar-refractivity contribution in [1.82, 2.24) is 0 Å². The summed E-state index contributed by atoms with van der Waals surface area (Å²) in [7, 11) is 1.48. The molecule has 1 N–H and O–H groups in total. The molecule has 0 aromatic rings. The van der Waals surface area contributed by atoms with Crippen LogP contribution in [-0.4, -0.2) is 74.9 Å². The molecule has 2 atom stereocenters. The van der Waals surface area contributed by atoms with E-state index in [-0.39, 0.29) is 25.6 Å². The second-order valence-electron chi connectivity index (χ2n) is 16.4. The summed E-state index contributed by atoms with van der Waals surface area (Å²) in [6.45, 7) is 4.42. The van der Waals surface area contributed by atoms with Crippen molar-refractivity contribution < 1.29 is 42.1 Å². The number of carbonyl (C=O) groups is 2. The van der Waals surface area contributed by atoms with Crippen LogP contribution in [0.5, 0.6) is 0 Å². The molecule has 0 radical (unpaired) electrons. The average Bonchev–Trinajstić information content (AvgIpc) is 3.12. The highest BCUT2D eigenvalue weighted by atomic mass is 31.2. The van der Waals surface area contributed by atoms with E-state index in [9.17, 15) is 19.0 Å². The van der Waals surface area contributed by atoms with Gasteiger partial charge >= 0.3 is 19.8 Å². The van der Waals surface area contributed by atoms with Gasteiger partial charge in [0, 0.05) is 12.8 Å². The van der Waals surface area contributed by atoms with Crippen LogP contribution in [0.25, 0.3) is 0 Å². The summed E-state index contributed by atoms with van der Waals surface area (Å²) in [5.74, 6) is -0.799. The van der Waals surface area contributed by atoms with Crippen molar-refractivity contribution in [1.29, 1.82) is 0 Å². The number of unbranched alkanes of at least 4 members (excludes halogenated alkanes) is 25. The zero-order valence-electron chi connectivity index (χ0n) is 36.0. The predicted octanol–water partition coefficient (Wildman–Crippen LogP) is 12.6. The zero-order chi connectivity index (χ0) is 40.0. The molecule has 0 aliphatic carbocycles. The van der Waals surface area contributed by atoms with Crippen molar-refractivity contribution >= 4 is 19.8 Å². The number of ether oxygens (including phenoxy) is 2. The van der Waals surface area contributed by atoms with Gasteiger partial charge in [0.05, 0.1) is 27.7 Å². The Morgan fingerprint density at radius 2 is 0.944 bits per heavy atom. The third-order valence-corrected chi connectivity index (χ3v) is 10.8. The Kier molecular flexibility index (Phi) is 36.5. The highest BCUT2D eigenvalue weighted by Gasteiger charge is 2.27. The van der Waals surface area contributed by atoms with Crippen molar-refractivity contribution in [3.8, 4) is 0 Å². The number of esters is 2. The number of rotatable bonds is 41. The van der Waals surface area contributed by atoms with Crippen molar-refractivity contribution in [2.75, 3.05) is 47.5 Å². The molecule has 54 heavy (non-hydrogen) atoms. The second-order valence-corrected chi connectivity index (χ2v) is 17.9. The standard InChI is InChI=1S/C44H86NO8P/c1-6-8-10-12-14-16-18-20-21-22-23-25-26-28-30-32-34-36-43(46)50-40-42(41-52-54(48,49)51-39-38-45(3,4)5)53-44(47)37-35-33-31-29-27-24-19-17-15-13-11-9-7-2/h17,19,42H,6-16,18,20-41H2,1-5H3/p+1/b19-17+/t42-/m1/s1. The fourth-order valence-electron chi connectivity index (χ4n) is 6.24. The van der Waals surface area contributed by atoms with Crippen LogP contribution in [0, 0.1) is 0 Å². The van der Waals surface area contributed by atoms with E-state index in [1.165, 1.54) is 122 Å². The smallest absolute Gasteiger partial charge is 0.462 e. The largest absolute Gasteiger partial charge is 0.472 e. The molecule has 0 aromatic carbocycles. The van der Waals surface area contributed by atoms with Gasteiger partial charge in [0.25, 0.3) is 0 Å². The minimum Gasteiger partial charge on any atom is -0.462 e. The van der Waals surface area contributed by atoms with Crippen molar-refractivity contribution in [3.05, 3.63) is 12.2 Å². The lowest BCUT2D eigenvalue weighted by molar-refractivity contribution is -0.870. The normalized spacial score (nSPS) is 13.7. The number of hydrogen-bond acceptors (Lipinski definition) is 7. The fraction of sp³-hybridized carbons (Fsp3) is 0.909. The molecule has 1 unspecified atom stereocenters. The van der Waals surface area contributed by atoms with Crippen LogP contribution in [0.15, 0.2) is 12.2 Å².